The number of esters is 1. The fourth-order valence-corrected chi connectivity index (χ4v) is 4.61. The Bertz CT molecular complexity index is 1030. The fourth-order valence-electron chi connectivity index (χ4n) is 3.53. The predicted molar refractivity (Wildman–Crippen MR) is 130 cm³/mol. The normalized spacial score (nSPS) is 19.0. The molecule has 3 rings (SSSR count). The number of rotatable bonds is 10. The SMILES string of the molecule is CCCC(C)(NC1=CC(Nc2cccc(F)c2)(Sc2ccc(OC)cc2)N=CN1)C(=O)OC. The number of thioether (sulfide) groups is 1. The Morgan fingerprint density at radius 1 is 1.24 bits per heavy atom. The molecule has 0 saturated heterocycles. The van der Waals surface area contributed by atoms with Gasteiger partial charge in [-0.05, 0) is 55.8 Å². The lowest BCUT2D eigenvalue weighted by atomic mass is 9.96. The van der Waals surface area contributed by atoms with Crippen molar-refractivity contribution in [1.29, 1.82) is 0 Å². The van der Waals surface area contributed by atoms with E-state index in [-0.39, 0.29) is 11.8 Å². The van der Waals surface area contributed by atoms with Gasteiger partial charge in [-0.25, -0.2) is 14.2 Å². The van der Waals surface area contributed by atoms with E-state index in [1.54, 1.807) is 32.5 Å². The Hall–Kier alpha value is -3.20. The molecule has 33 heavy (non-hydrogen) atoms. The smallest absolute Gasteiger partial charge is 0.331 e. The minimum Gasteiger partial charge on any atom is -0.497 e. The van der Waals surface area contributed by atoms with Gasteiger partial charge in [0.15, 0.2) is 0 Å². The van der Waals surface area contributed by atoms with Gasteiger partial charge in [0.2, 0.25) is 4.99 Å². The van der Waals surface area contributed by atoms with Crippen LogP contribution in [-0.2, 0) is 9.53 Å². The molecule has 2 unspecified atom stereocenters. The summed E-state index contributed by atoms with van der Waals surface area (Å²) in [6, 6.07) is 13.8. The highest BCUT2D eigenvalue weighted by molar-refractivity contribution is 8.01. The molecule has 9 heteroatoms. The van der Waals surface area contributed by atoms with Crippen molar-refractivity contribution in [2.24, 2.45) is 4.99 Å². The molecule has 1 aliphatic rings. The molecule has 2 atom stereocenters. The zero-order valence-electron chi connectivity index (χ0n) is 19.1. The lowest BCUT2D eigenvalue weighted by Gasteiger charge is -2.35. The Balaban J connectivity index is 1.97. The average molecular weight is 473 g/mol. The van der Waals surface area contributed by atoms with Gasteiger partial charge < -0.3 is 25.4 Å². The lowest BCUT2D eigenvalue weighted by Crippen LogP contribution is -2.53. The third-order valence-corrected chi connectivity index (χ3v) is 6.24. The Kier molecular flexibility index (Phi) is 7.86. The van der Waals surface area contributed by atoms with Gasteiger partial charge >= 0.3 is 5.97 Å². The molecule has 7 nitrogen and oxygen atoms in total. The molecule has 2 aromatic rings. The van der Waals surface area contributed by atoms with E-state index in [9.17, 15) is 9.18 Å². The number of carbonyl (C=O) groups excluding carboxylic acids is 1. The van der Waals surface area contributed by atoms with Crippen molar-refractivity contribution in [2.75, 3.05) is 19.5 Å². The Morgan fingerprint density at radius 3 is 2.64 bits per heavy atom. The van der Waals surface area contributed by atoms with E-state index in [1.165, 1.54) is 31.0 Å². The molecule has 0 bridgehead atoms. The molecular weight excluding hydrogens is 443 g/mol. The third-order valence-electron chi connectivity index (χ3n) is 5.09. The van der Waals surface area contributed by atoms with Crippen LogP contribution in [0.5, 0.6) is 5.75 Å². The maximum atomic E-state index is 13.9. The molecule has 0 spiro atoms. The lowest BCUT2D eigenvalue weighted by molar-refractivity contribution is -0.147. The molecule has 0 amide bonds. The Morgan fingerprint density at radius 2 is 2.00 bits per heavy atom. The van der Waals surface area contributed by atoms with Gasteiger partial charge in [-0.1, -0.05) is 31.2 Å². The highest BCUT2D eigenvalue weighted by Crippen LogP contribution is 2.38. The summed E-state index contributed by atoms with van der Waals surface area (Å²) in [5.41, 5.74) is -0.363. The minimum atomic E-state index is -1.01. The summed E-state index contributed by atoms with van der Waals surface area (Å²) in [5, 5.41) is 9.67. The molecule has 0 fully saturated rings. The molecule has 176 valence electrons. The number of nitrogens with zero attached hydrogens (tertiary/aromatic N) is 1. The first-order valence-corrected chi connectivity index (χ1v) is 11.4. The second-order valence-corrected chi connectivity index (χ2v) is 9.07. The fraction of sp³-hybridized carbons (Fsp3) is 0.333. The summed E-state index contributed by atoms with van der Waals surface area (Å²) >= 11 is 1.43. The van der Waals surface area contributed by atoms with Crippen molar-refractivity contribution in [3.05, 3.63) is 66.2 Å². The number of hydrogen-bond donors (Lipinski definition) is 3. The van der Waals surface area contributed by atoms with Crippen molar-refractivity contribution in [2.45, 2.75) is 42.1 Å². The van der Waals surface area contributed by atoms with Crippen LogP contribution in [0.15, 0.2) is 70.3 Å². The van der Waals surface area contributed by atoms with Crippen LogP contribution in [-0.4, -0.2) is 37.1 Å². The van der Waals surface area contributed by atoms with E-state index in [2.05, 4.69) is 20.9 Å². The molecule has 0 saturated carbocycles. The summed E-state index contributed by atoms with van der Waals surface area (Å²) in [5.74, 6) is 0.606. The van der Waals surface area contributed by atoms with Gasteiger partial charge in [-0.15, -0.1) is 0 Å². The monoisotopic (exact) mass is 472 g/mol. The van der Waals surface area contributed by atoms with Crippen LogP contribution in [0.3, 0.4) is 0 Å². The van der Waals surface area contributed by atoms with E-state index in [4.69, 9.17) is 9.47 Å². The number of carbonyl (C=O) groups is 1. The van der Waals surface area contributed by atoms with Gasteiger partial charge in [-0.3, -0.25) is 0 Å². The number of methoxy groups -OCH3 is 2. The van der Waals surface area contributed by atoms with Gasteiger partial charge in [-0.2, -0.15) is 0 Å². The highest BCUT2D eigenvalue weighted by atomic mass is 32.2. The van der Waals surface area contributed by atoms with E-state index < -0.39 is 10.5 Å². The predicted octanol–water partition coefficient (Wildman–Crippen LogP) is 4.49. The van der Waals surface area contributed by atoms with Crippen molar-refractivity contribution in [3.63, 3.8) is 0 Å². The molecule has 2 aromatic carbocycles. The van der Waals surface area contributed by atoms with E-state index >= 15 is 0 Å². The first-order chi connectivity index (χ1) is 15.8. The van der Waals surface area contributed by atoms with Crippen LogP contribution in [0, 0.1) is 5.82 Å². The van der Waals surface area contributed by atoms with Crippen molar-refractivity contribution >= 4 is 29.8 Å². The summed E-state index contributed by atoms with van der Waals surface area (Å²) in [4.78, 5) is 17.0. The highest BCUT2D eigenvalue weighted by Gasteiger charge is 2.37. The van der Waals surface area contributed by atoms with E-state index in [0.717, 1.165) is 17.1 Å². The first kappa shape index (κ1) is 24.4. The van der Waals surface area contributed by atoms with Crippen molar-refractivity contribution in [3.8, 4) is 5.75 Å². The van der Waals surface area contributed by atoms with E-state index in [1.807, 2.05) is 37.3 Å². The summed E-state index contributed by atoms with van der Waals surface area (Å²) in [7, 11) is 2.99. The molecule has 0 aromatic heterocycles. The molecule has 1 heterocycles. The zero-order valence-corrected chi connectivity index (χ0v) is 20.0. The van der Waals surface area contributed by atoms with Gasteiger partial charge in [0.1, 0.15) is 22.9 Å². The first-order valence-electron chi connectivity index (χ1n) is 10.6. The maximum absolute atomic E-state index is 13.9. The zero-order chi connectivity index (χ0) is 23.9. The standard InChI is InChI=1S/C24H29FN4O3S/c1-5-13-23(2,22(30)32-4)29-21-15-24(27-16-26-21,28-18-8-6-7-17(25)14-18)33-20-11-9-19(31-3)10-12-20/h6-12,14-16,28-29H,5,13H2,1-4H3,(H,26,27). The number of hydrogen-bond acceptors (Lipinski definition) is 8. The summed E-state index contributed by atoms with van der Waals surface area (Å²) in [6.07, 6.45) is 4.75. The summed E-state index contributed by atoms with van der Waals surface area (Å²) < 4.78 is 24.2. The van der Waals surface area contributed by atoms with Crippen molar-refractivity contribution in [1.82, 2.24) is 10.6 Å². The second-order valence-electron chi connectivity index (χ2n) is 7.77. The van der Waals surface area contributed by atoms with Crippen LogP contribution >= 0.6 is 11.8 Å². The third kappa shape index (κ3) is 6.19. The van der Waals surface area contributed by atoms with Crippen molar-refractivity contribution < 1.29 is 18.7 Å². The van der Waals surface area contributed by atoms with E-state index in [0.29, 0.717) is 17.9 Å². The van der Waals surface area contributed by atoms with Gasteiger partial charge in [0, 0.05) is 16.7 Å². The van der Waals surface area contributed by atoms with Crippen LogP contribution in [0.2, 0.25) is 0 Å². The topological polar surface area (TPSA) is 84.0 Å². The number of aliphatic imine (C=N–C) groups is 1. The Labute approximate surface area is 197 Å². The van der Waals surface area contributed by atoms with Gasteiger partial charge in [0.05, 0.1) is 20.6 Å². The van der Waals surface area contributed by atoms with Gasteiger partial charge in [0.25, 0.3) is 0 Å². The molecule has 1 aliphatic heterocycles. The quantitative estimate of drug-likeness (QED) is 0.347. The second kappa shape index (κ2) is 10.6. The van der Waals surface area contributed by atoms with Crippen LogP contribution < -0.4 is 20.7 Å². The average Bonchev–Trinajstić information content (AvgIpc) is 2.79. The number of benzene rings is 2. The molecule has 0 radical (unpaired) electrons. The molecule has 0 aliphatic carbocycles. The van der Waals surface area contributed by atoms with Crippen LogP contribution in [0.1, 0.15) is 26.7 Å². The maximum Gasteiger partial charge on any atom is 0.331 e. The number of anilines is 1. The number of ether oxygens (including phenoxy) is 2. The minimum absolute atomic E-state index is 0.356. The number of halogens is 1. The molecule has 3 N–H and O–H groups in total. The number of nitrogens with one attached hydrogen (secondary N) is 3. The summed E-state index contributed by atoms with van der Waals surface area (Å²) in [6.45, 7) is 3.80. The molecular formula is C24H29FN4O3S. The van der Waals surface area contributed by atoms with Crippen LogP contribution in [0.4, 0.5) is 10.1 Å². The van der Waals surface area contributed by atoms with Crippen LogP contribution in [0.25, 0.3) is 0 Å². The largest absolute Gasteiger partial charge is 0.497 e.